The van der Waals surface area contributed by atoms with Gasteiger partial charge in [0.1, 0.15) is 0 Å². The quantitative estimate of drug-likeness (QED) is 0.582. The number of hydrogen-bond donors (Lipinski definition) is 1. The van der Waals surface area contributed by atoms with E-state index in [1.807, 2.05) is 7.05 Å². The van der Waals surface area contributed by atoms with Crippen molar-refractivity contribution in [1.29, 1.82) is 0 Å². The molecule has 0 aromatic heterocycles. The summed E-state index contributed by atoms with van der Waals surface area (Å²) in [7, 11) is 1.96. The number of likely N-dealkylation sites (N-methyl/N-ethyl adjacent to an activating group) is 1. The van der Waals surface area contributed by atoms with Crippen molar-refractivity contribution in [3.05, 3.63) is 23.9 Å². The topological polar surface area (TPSA) is 12.0 Å². The fourth-order valence-electron chi connectivity index (χ4n) is 1.09. The smallest absolute Gasteiger partial charge is 0.0296 e. The van der Waals surface area contributed by atoms with Crippen molar-refractivity contribution < 1.29 is 0 Å². The molecule has 0 heterocycles. The maximum Gasteiger partial charge on any atom is 0.0296 e. The highest BCUT2D eigenvalue weighted by Crippen LogP contribution is 2.20. The first kappa shape index (κ1) is 7.39. The molecule has 1 aliphatic rings. The van der Waals surface area contributed by atoms with Crippen LogP contribution in [0.25, 0.3) is 0 Å². The molecule has 0 saturated carbocycles. The molecule has 0 fully saturated rings. The summed E-state index contributed by atoms with van der Waals surface area (Å²) < 4.78 is 0. The van der Waals surface area contributed by atoms with E-state index in [0.717, 1.165) is 0 Å². The van der Waals surface area contributed by atoms with Crippen LogP contribution in [0.4, 0.5) is 0 Å². The van der Waals surface area contributed by atoms with E-state index >= 15 is 0 Å². The predicted molar refractivity (Wildman–Crippen MR) is 44.6 cm³/mol. The van der Waals surface area contributed by atoms with Gasteiger partial charge in [-0.15, -0.1) is 0 Å². The lowest BCUT2D eigenvalue weighted by atomic mass is 9.91. The molecule has 0 radical (unpaired) electrons. The highest BCUT2D eigenvalue weighted by molar-refractivity contribution is 5.22. The van der Waals surface area contributed by atoms with Gasteiger partial charge in [0.15, 0.2) is 0 Å². The van der Waals surface area contributed by atoms with Gasteiger partial charge in [-0.05, 0) is 17.9 Å². The Labute approximate surface area is 62.8 Å². The van der Waals surface area contributed by atoms with Crippen molar-refractivity contribution >= 4 is 0 Å². The fourth-order valence-corrected chi connectivity index (χ4v) is 1.09. The zero-order valence-electron chi connectivity index (χ0n) is 6.89. The van der Waals surface area contributed by atoms with Gasteiger partial charge in [0.05, 0.1) is 0 Å². The van der Waals surface area contributed by atoms with Crippen molar-refractivity contribution in [2.45, 2.75) is 13.8 Å². The lowest BCUT2D eigenvalue weighted by Crippen LogP contribution is -2.13. The molecular formula is C9H15N. The van der Waals surface area contributed by atoms with E-state index in [2.05, 4.69) is 37.4 Å². The minimum atomic E-state index is 0.674. The van der Waals surface area contributed by atoms with E-state index in [0.29, 0.717) is 11.8 Å². The van der Waals surface area contributed by atoms with Gasteiger partial charge in [-0.3, -0.25) is 0 Å². The second-order valence-electron chi connectivity index (χ2n) is 2.95. The van der Waals surface area contributed by atoms with Crippen LogP contribution in [0.1, 0.15) is 13.8 Å². The van der Waals surface area contributed by atoms with E-state index < -0.39 is 0 Å². The van der Waals surface area contributed by atoms with Crippen molar-refractivity contribution in [3.8, 4) is 0 Å². The van der Waals surface area contributed by atoms with Gasteiger partial charge < -0.3 is 5.32 Å². The molecule has 0 aromatic carbocycles. The van der Waals surface area contributed by atoms with Gasteiger partial charge in [0, 0.05) is 12.7 Å². The summed E-state index contributed by atoms with van der Waals surface area (Å²) in [4.78, 5) is 0. The molecule has 0 bridgehead atoms. The molecule has 1 unspecified atom stereocenters. The maximum atomic E-state index is 3.13. The molecule has 10 heavy (non-hydrogen) atoms. The Balaban J connectivity index is 2.66. The van der Waals surface area contributed by atoms with Gasteiger partial charge >= 0.3 is 0 Å². The van der Waals surface area contributed by atoms with Crippen LogP contribution >= 0.6 is 0 Å². The Morgan fingerprint density at radius 1 is 1.30 bits per heavy atom. The van der Waals surface area contributed by atoms with E-state index in [1.54, 1.807) is 0 Å². The van der Waals surface area contributed by atoms with Gasteiger partial charge in [-0.1, -0.05) is 26.0 Å². The summed E-state index contributed by atoms with van der Waals surface area (Å²) in [5.41, 5.74) is 1.24. The highest BCUT2D eigenvalue weighted by Gasteiger charge is 2.10. The summed E-state index contributed by atoms with van der Waals surface area (Å²) in [6.07, 6.45) is 6.66. The Kier molecular flexibility index (Phi) is 2.15. The number of allylic oxidation sites excluding steroid dienone is 3. The Hall–Kier alpha value is -0.720. The average molecular weight is 137 g/mol. The highest BCUT2D eigenvalue weighted by atomic mass is 14.8. The van der Waals surface area contributed by atoms with Crippen LogP contribution in [0, 0.1) is 11.8 Å². The fraction of sp³-hybridized carbons (Fsp3) is 0.556. The Morgan fingerprint density at radius 2 is 2.00 bits per heavy atom. The minimum Gasteiger partial charge on any atom is -0.388 e. The van der Waals surface area contributed by atoms with E-state index in [4.69, 9.17) is 0 Å². The lowest BCUT2D eigenvalue weighted by molar-refractivity contribution is 0.544. The third kappa shape index (κ3) is 1.41. The first-order valence-corrected chi connectivity index (χ1v) is 3.82. The largest absolute Gasteiger partial charge is 0.388 e. The van der Waals surface area contributed by atoms with Crippen molar-refractivity contribution in [3.63, 3.8) is 0 Å². The monoisotopic (exact) mass is 137 g/mol. The first-order chi connectivity index (χ1) is 4.74. The molecule has 1 N–H and O–H groups in total. The molecule has 0 aromatic rings. The Bertz CT molecular complexity index is 168. The number of hydrogen-bond acceptors (Lipinski definition) is 1. The standard InChI is InChI=1S/C9H15N/c1-7-4-5-9(10-3)6-8(7)2/h4-8,10H,1-3H3/t7?,8-/m0/s1. The summed E-state index contributed by atoms with van der Waals surface area (Å²) >= 11 is 0. The van der Waals surface area contributed by atoms with Crippen molar-refractivity contribution in [1.82, 2.24) is 5.32 Å². The zero-order valence-corrected chi connectivity index (χ0v) is 6.89. The van der Waals surface area contributed by atoms with Crippen molar-refractivity contribution in [2.24, 2.45) is 11.8 Å². The lowest BCUT2D eigenvalue weighted by Gasteiger charge is -2.18. The second kappa shape index (κ2) is 2.91. The average Bonchev–Trinajstić information content (AvgIpc) is 1.95. The summed E-state index contributed by atoms with van der Waals surface area (Å²) in [6, 6.07) is 0. The molecule has 0 saturated heterocycles. The van der Waals surface area contributed by atoms with Gasteiger partial charge in [-0.25, -0.2) is 0 Å². The predicted octanol–water partition coefficient (Wildman–Crippen LogP) is 1.93. The molecule has 2 atom stereocenters. The van der Waals surface area contributed by atoms with E-state index in [9.17, 15) is 0 Å². The zero-order chi connectivity index (χ0) is 7.56. The van der Waals surface area contributed by atoms with Crippen molar-refractivity contribution in [2.75, 3.05) is 7.05 Å². The van der Waals surface area contributed by atoms with Crippen LogP contribution < -0.4 is 5.32 Å². The molecular weight excluding hydrogens is 122 g/mol. The second-order valence-corrected chi connectivity index (χ2v) is 2.95. The third-order valence-corrected chi connectivity index (χ3v) is 2.14. The van der Waals surface area contributed by atoms with E-state index in [1.165, 1.54) is 5.70 Å². The van der Waals surface area contributed by atoms with Gasteiger partial charge in [-0.2, -0.15) is 0 Å². The van der Waals surface area contributed by atoms with Crippen LogP contribution in [0.5, 0.6) is 0 Å². The molecule has 0 amide bonds. The number of rotatable bonds is 1. The molecule has 1 heteroatoms. The summed E-state index contributed by atoms with van der Waals surface area (Å²) in [6.45, 7) is 4.48. The normalized spacial score (nSPS) is 31.7. The minimum absolute atomic E-state index is 0.674. The van der Waals surface area contributed by atoms with Crippen LogP contribution in [0.3, 0.4) is 0 Å². The third-order valence-electron chi connectivity index (χ3n) is 2.14. The Morgan fingerprint density at radius 3 is 2.50 bits per heavy atom. The molecule has 1 nitrogen and oxygen atoms in total. The van der Waals surface area contributed by atoms with Gasteiger partial charge in [0.2, 0.25) is 0 Å². The summed E-state index contributed by atoms with van der Waals surface area (Å²) in [5.74, 6) is 1.37. The molecule has 1 aliphatic carbocycles. The SMILES string of the molecule is CNC1=C[C@H](C)C(C)C=C1. The maximum absolute atomic E-state index is 3.13. The molecule has 0 spiro atoms. The molecule has 56 valence electrons. The number of nitrogens with one attached hydrogen (secondary N) is 1. The van der Waals surface area contributed by atoms with Crippen LogP contribution in [0.2, 0.25) is 0 Å². The molecule has 0 aliphatic heterocycles. The van der Waals surface area contributed by atoms with E-state index in [-0.39, 0.29) is 0 Å². The van der Waals surface area contributed by atoms with Crippen LogP contribution in [-0.2, 0) is 0 Å². The van der Waals surface area contributed by atoms with Crippen LogP contribution in [-0.4, -0.2) is 7.05 Å². The molecule has 1 rings (SSSR count). The summed E-state index contributed by atoms with van der Waals surface area (Å²) in [5, 5.41) is 3.13. The van der Waals surface area contributed by atoms with Crippen LogP contribution in [0.15, 0.2) is 23.9 Å². The first-order valence-electron chi connectivity index (χ1n) is 3.82. The van der Waals surface area contributed by atoms with Gasteiger partial charge in [0.25, 0.3) is 0 Å².